The van der Waals surface area contributed by atoms with Crippen molar-refractivity contribution in [1.82, 2.24) is 5.32 Å². The van der Waals surface area contributed by atoms with Gasteiger partial charge in [-0.25, -0.2) is 0 Å². The van der Waals surface area contributed by atoms with E-state index >= 15 is 0 Å². The molecule has 1 heterocycles. The quantitative estimate of drug-likeness (QED) is 0.798. The molecule has 0 spiro atoms. The first-order chi connectivity index (χ1) is 7.55. The van der Waals surface area contributed by atoms with Crippen LogP contribution in [0.25, 0.3) is 0 Å². The van der Waals surface area contributed by atoms with E-state index < -0.39 is 0 Å². The lowest BCUT2D eigenvalue weighted by atomic mass is 9.88. The molecule has 0 aliphatic rings. The molecule has 1 amide bonds. The van der Waals surface area contributed by atoms with Gasteiger partial charge in [0.05, 0.1) is 0 Å². The molecule has 0 fully saturated rings. The van der Waals surface area contributed by atoms with Gasteiger partial charge in [0.2, 0.25) is 0 Å². The fourth-order valence-electron chi connectivity index (χ4n) is 1.45. The number of carbonyl (C=O) groups is 1. The van der Waals surface area contributed by atoms with Gasteiger partial charge in [0, 0.05) is 22.8 Å². The van der Waals surface area contributed by atoms with Gasteiger partial charge < -0.3 is 5.32 Å². The van der Waals surface area contributed by atoms with E-state index in [2.05, 4.69) is 35.1 Å². The van der Waals surface area contributed by atoms with Crippen molar-refractivity contribution in [1.29, 1.82) is 0 Å². The zero-order valence-electron chi connectivity index (χ0n) is 9.75. The Bertz CT molecular complexity index is 322. The highest BCUT2D eigenvalue weighted by Gasteiger charge is 2.18. The normalized spacial score (nSPS) is 11.4. The molecule has 0 saturated carbocycles. The number of amides is 1. The summed E-state index contributed by atoms with van der Waals surface area (Å²) in [6.45, 7) is 5.10. The second-order valence-electron chi connectivity index (χ2n) is 4.65. The van der Waals surface area contributed by atoms with Gasteiger partial charge in [0.1, 0.15) is 0 Å². The molecule has 90 valence electrons. The molecule has 0 atom stereocenters. The SMILES string of the molecule is CC(C)(CCCBr)CNC(=O)c1ccsc1. The number of thiophene rings is 1. The van der Waals surface area contributed by atoms with Crippen molar-refractivity contribution in [2.75, 3.05) is 11.9 Å². The molecule has 0 aliphatic heterocycles. The molecule has 1 aromatic rings. The molecular formula is C12H18BrNOS. The lowest BCUT2D eigenvalue weighted by Crippen LogP contribution is -2.33. The molecule has 0 saturated heterocycles. The van der Waals surface area contributed by atoms with E-state index in [-0.39, 0.29) is 11.3 Å². The van der Waals surface area contributed by atoms with E-state index in [0.717, 1.165) is 30.3 Å². The van der Waals surface area contributed by atoms with Crippen LogP contribution in [-0.2, 0) is 0 Å². The summed E-state index contributed by atoms with van der Waals surface area (Å²) in [5, 5.41) is 7.81. The Balaban J connectivity index is 2.36. The van der Waals surface area contributed by atoms with Crippen LogP contribution >= 0.6 is 27.3 Å². The van der Waals surface area contributed by atoms with E-state index in [1.165, 1.54) is 0 Å². The number of hydrogen-bond donors (Lipinski definition) is 1. The molecule has 0 unspecified atom stereocenters. The average Bonchev–Trinajstić information content (AvgIpc) is 2.77. The minimum Gasteiger partial charge on any atom is -0.351 e. The zero-order valence-corrected chi connectivity index (χ0v) is 12.2. The van der Waals surface area contributed by atoms with Gasteiger partial charge >= 0.3 is 0 Å². The second-order valence-corrected chi connectivity index (χ2v) is 6.22. The second kappa shape index (κ2) is 6.40. The molecule has 4 heteroatoms. The number of halogens is 1. The van der Waals surface area contributed by atoms with Crippen molar-refractivity contribution in [3.63, 3.8) is 0 Å². The molecular weight excluding hydrogens is 286 g/mol. The lowest BCUT2D eigenvalue weighted by Gasteiger charge is -2.24. The molecule has 16 heavy (non-hydrogen) atoms. The topological polar surface area (TPSA) is 29.1 Å². The monoisotopic (exact) mass is 303 g/mol. The third-order valence-corrected chi connectivity index (χ3v) is 3.74. The first kappa shape index (κ1) is 13.7. The Kier molecular flexibility index (Phi) is 5.49. The molecule has 0 aromatic carbocycles. The Morgan fingerprint density at radius 2 is 2.31 bits per heavy atom. The summed E-state index contributed by atoms with van der Waals surface area (Å²) >= 11 is 4.98. The van der Waals surface area contributed by atoms with Crippen LogP contribution in [0.5, 0.6) is 0 Å². The summed E-state index contributed by atoms with van der Waals surface area (Å²) in [4.78, 5) is 11.7. The largest absolute Gasteiger partial charge is 0.351 e. The zero-order chi connectivity index (χ0) is 12.0. The van der Waals surface area contributed by atoms with E-state index in [0.29, 0.717) is 0 Å². The van der Waals surface area contributed by atoms with Crippen LogP contribution in [-0.4, -0.2) is 17.8 Å². The number of carbonyl (C=O) groups excluding carboxylic acids is 1. The van der Waals surface area contributed by atoms with E-state index in [4.69, 9.17) is 0 Å². The van der Waals surface area contributed by atoms with Crippen LogP contribution in [0.3, 0.4) is 0 Å². The number of hydrogen-bond acceptors (Lipinski definition) is 2. The van der Waals surface area contributed by atoms with Crippen LogP contribution in [0.2, 0.25) is 0 Å². The Morgan fingerprint density at radius 1 is 1.56 bits per heavy atom. The molecule has 0 bridgehead atoms. The fraction of sp³-hybridized carbons (Fsp3) is 0.583. The summed E-state index contributed by atoms with van der Waals surface area (Å²) in [5.41, 5.74) is 0.931. The van der Waals surface area contributed by atoms with Crippen LogP contribution in [0.15, 0.2) is 16.8 Å². The van der Waals surface area contributed by atoms with Crippen molar-refractivity contribution in [2.45, 2.75) is 26.7 Å². The van der Waals surface area contributed by atoms with Gasteiger partial charge in [-0.1, -0.05) is 29.8 Å². The smallest absolute Gasteiger partial charge is 0.252 e. The number of rotatable bonds is 6. The summed E-state index contributed by atoms with van der Waals surface area (Å²) in [6, 6.07) is 1.85. The Morgan fingerprint density at radius 3 is 2.88 bits per heavy atom. The van der Waals surface area contributed by atoms with Crippen molar-refractivity contribution in [3.05, 3.63) is 22.4 Å². The summed E-state index contributed by atoms with van der Waals surface area (Å²) < 4.78 is 0. The maximum absolute atomic E-state index is 11.7. The van der Waals surface area contributed by atoms with Gasteiger partial charge in [-0.2, -0.15) is 11.3 Å². The van der Waals surface area contributed by atoms with Crippen LogP contribution in [0.1, 0.15) is 37.0 Å². The van der Waals surface area contributed by atoms with Crippen molar-refractivity contribution < 1.29 is 4.79 Å². The lowest BCUT2D eigenvalue weighted by molar-refractivity contribution is 0.0935. The number of alkyl halides is 1. The molecule has 1 rings (SSSR count). The minimum atomic E-state index is 0.0353. The standard InChI is InChI=1S/C12H18BrNOS/c1-12(2,5-3-6-13)9-14-11(15)10-4-7-16-8-10/h4,7-8H,3,5-6,9H2,1-2H3,(H,14,15). The van der Waals surface area contributed by atoms with Crippen LogP contribution < -0.4 is 5.32 Å². The number of nitrogens with one attached hydrogen (secondary N) is 1. The van der Waals surface area contributed by atoms with Gasteiger partial charge in [-0.3, -0.25) is 4.79 Å². The Hall–Kier alpha value is -0.350. The molecule has 0 radical (unpaired) electrons. The van der Waals surface area contributed by atoms with Crippen molar-refractivity contribution >= 4 is 33.2 Å². The fourth-order valence-corrected chi connectivity index (χ4v) is 2.37. The van der Waals surface area contributed by atoms with Gasteiger partial charge in [-0.05, 0) is 29.7 Å². The maximum atomic E-state index is 11.7. The van der Waals surface area contributed by atoms with Crippen LogP contribution in [0.4, 0.5) is 0 Å². The predicted molar refractivity (Wildman–Crippen MR) is 73.5 cm³/mol. The molecule has 1 aromatic heterocycles. The minimum absolute atomic E-state index is 0.0353. The third-order valence-electron chi connectivity index (χ3n) is 2.50. The van der Waals surface area contributed by atoms with Gasteiger partial charge in [0.25, 0.3) is 5.91 Å². The average molecular weight is 304 g/mol. The van der Waals surface area contributed by atoms with Crippen LogP contribution in [0, 0.1) is 5.41 Å². The highest BCUT2D eigenvalue weighted by Crippen LogP contribution is 2.21. The molecule has 1 N–H and O–H groups in total. The van der Waals surface area contributed by atoms with E-state index in [1.807, 2.05) is 16.8 Å². The van der Waals surface area contributed by atoms with Crippen molar-refractivity contribution in [2.24, 2.45) is 5.41 Å². The summed E-state index contributed by atoms with van der Waals surface area (Å²) in [5.74, 6) is 0.0353. The van der Waals surface area contributed by atoms with Gasteiger partial charge in [-0.15, -0.1) is 0 Å². The van der Waals surface area contributed by atoms with Gasteiger partial charge in [0.15, 0.2) is 0 Å². The molecule has 2 nitrogen and oxygen atoms in total. The summed E-state index contributed by atoms with van der Waals surface area (Å²) in [6.07, 6.45) is 2.25. The predicted octanol–water partition coefficient (Wildman–Crippen LogP) is 3.68. The first-order valence-corrected chi connectivity index (χ1v) is 7.48. The first-order valence-electron chi connectivity index (χ1n) is 5.41. The molecule has 0 aliphatic carbocycles. The Labute approximate surface area is 110 Å². The summed E-state index contributed by atoms with van der Waals surface area (Å²) in [7, 11) is 0. The van der Waals surface area contributed by atoms with E-state index in [9.17, 15) is 4.79 Å². The highest BCUT2D eigenvalue weighted by atomic mass is 79.9. The van der Waals surface area contributed by atoms with Crippen molar-refractivity contribution in [3.8, 4) is 0 Å². The highest BCUT2D eigenvalue weighted by molar-refractivity contribution is 9.09. The third kappa shape index (κ3) is 4.66. The van der Waals surface area contributed by atoms with E-state index in [1.54, 1.807) is 11.3 Å². The maximum Gasteiger partial charge on any atom is 0.252 e.